The summed E-state index contributed by atoms with van der Waals surface area (Å²) in [5.41, 5.74) is 2.46. The predicted molar refractivity (Wildman–Crippen MR) is 141 cm³/mol. The molecule has 0 aliphatic rings. The Hall–Kier alpha value is -4.03. The Bertz CT molecular complexity index is 1500. The molecule has 0 saturated heterocycles. The Kier molecular flexibility index (Phi) is 6.82. The van der Waals surface area contributed by atoms with Gasteiger partial charge in [0.15, 0.2) is 5.16 Å². The fourth-order valence-electron chi connectivity index (χ4n) is 3.72. The van der Waals surface area contributed by atoms with E-state index in [1.165, 1.54) is 11.8 Å². The summed E-state index contributed by atoms with van der Waals surface area (Å²) in [6.45, 7) is 2.54. The lowest BCUT2D eigenvalue weighted by Crippen LogP contribution is -2.22. The van der Waals surface area contributed by atoms with E-state index in [0.717, 1.165) is 22.7 Å². The first-order chi connectivity index (χ1) is 17.2. The molecule has 1 aromatic heterocycles. The second kappa shape index (κ2) is 10.5. The van der Waals surface area contributed by atoms with E-state index in [-0.39, 0.29) is 5.56 Å². The lowest BCUT2D eigenvalue weighted by molar-refractivity contribution is 0.343. The zero-order valence-corrected chi connectivity index (χ0v) is 20.1. The van der Waals surface area contributed by atoms with Crippen LogP contribution < -0.4 is 15.0 Å². The van der Waals surface area contributed by atoms with E-state index >= 15 is 0 Å². The third kappa shape index (κ3) is 5.39. The van der Waals surface area contributed by atoms with Crippen LogP contribution in [0.2, 0.25) is 0 Å². The van der Waals surface area contributed by atoms with Crippen LogP contribution in [0, 0.1) is 6.92 Å². The van der Waals surface area contributed by atoms with Crippen LogP contribution in [0.15, 0.2) is 113 Å². The molecule has 0 saturated carbocycles. The van der Waals surface area contributed by atoms with Crippen molar-refractivity contribution in [1.82, 2.24) is 9.55 Å². The summed E-state index contributed by atoms with van der Waals surface area (Å²) >= 11 is 1.50. The number of hydrogen-bond acceptors (Lipinski definition) is 5. The molecule has 0 spiro atoms. The van der Waals surface area contributed by atoms with Crippen molar-refractivity contribution in [3.05, 3.63) is 119 Å². The topological polar surface area (TPSA) is 53.3 Å². The van der Waals surface area contributed by atoms with Crippen LogP contribution >= 0.6 is 11.8 Å². The normalized spacial score (nSPS) is 10.9. The number of para-hydroxylation sites is 2. The Labute approximate surface area is 208 Å². The van der Waals surface area contributed by atoms with Gasteiger partial charge in [0.1, 0.15) is 17.2 Å². The average molecular weight is 481 g/mol. The third-order valence-electron chi connectivity index (χ3n) is 5.39. The van der Waals surface area contributed by atoms with Crippen molar-refractivity contribution in [3.8, 4) is 22.9 Å². The van der Waals surface area contributed by atoms with E-state index in [0.29, 0.717) is 34.2 Å². The molecular formula is C29H24N2O3S. The third-order valence-corrected chi connectivity index (χ3v) is 6.29. The van der Waals surface area contributed by atoms with Crippen LogP contribution in [-0.4, -0.2) is 21.9 Å². The van der Waals surface area contributed by atoms with Crippen molar-refractivity contribution in [1.29, 1.82) is 0 Å². The van der Waals surface area contributed by atoms with Crippen molar-refractivity contribution >= 4 is 22.7 Å². The Morgan fingerprint density at radius 2 is 1.51 bits per heavy atom. The van der Waals surface area contributed by atoms with Crippen LogP contribution in [0.5, 0.6) is 17.2 Å². The molecule has 0 fully saturated rings. The fourth-order valence-corrected chi connectivity index (χ4v) is 4.55. The highest BCUT2D eigenvalue weighted by molar-refractivity contribution is 7.99. The first kappa shape index (κ1) is 22.7. The van der Waals surface area contributed by atoms with E-state index < -0.39 is 0 Å². The van der Waals surface area contributed by atoms with Crippen molar-refractivity contribution in [2.24, 2.45) is 0 Å². The maximum atomic E-state index is 13.5. The number of benzene rings is 4. The highest BCUT2D eigenvalue weighted by Crippen LogP contribution is 2.25. The second-order valence-corrected chi connectivity index (χ2v) is 9.04. The van der Waals surface area contributed by atoms with E-state index in [4.69, 9.17) is 14.5 Å². The minimum atomic E-state index is -0.102. The van der Waals surface area contributed by atoms with Crippen LogP contribution in [0.1, 0.15) is 5.56 Å². The molecule has 174 valence electrons. The number of aryl methyl sites for hydroxylation is 1. The Balaban J connectivity index is 1.40. The molecule has 5 rings (SSSR count). The van der Waals surface area contributed by atoms with E-state index in [2.05, 4.69) is 0 Å². The summed E-state index contributed by atoms with van der Waals surface area (Å²) in [6.07, 6.45) is 0. The molecule has 0 unspecified atom stereocenters. The molecule has 0 N–H and O–H groups in total. The summed E-state index contributed by atoms with van der Waals surface area (Å²) in [6, 6.07) is 32.5. The minimum absolute atomic E-state index is 0.102. The van der Waals surface area contributed by atoms with Crippen molar-refractivity contribution in [2.75, 3.05) is 12.4 Å². The maximum Gasteiger partial charge on any atom is 0.266 e. The lowest BCUT2D eigenvalue weighted by Gasteiger charge is -2.14. The van der Waals surface area contributed by atoms with Gasteiger partial charge in [-0.05, 0) is 73.2 Å². The molecule has 0 atom stereocenters. The van der Waals surface area contributed by atoms with Gasteiger partial charge in [-0.1, -0.05) is 54.2 Å². The molecule has 5 nitrogen and oxygen atoms in total. The average Bonchev–Trinajstić information content (AvgIpc) is 2.88. The SMILES string of the molecule is Cc1cccc(OCCSc2nc3ccccc3c(=O)n2-c2ccc(Oc3ccccc3)cc2)c1. The smallest absolute Gasteiger partial charge is 0.266 e. The highest BCUT2D eigenvalue weighted by Gasteiger charge is 2.13. The number of thioether (sulfide) groups is 1. The quantitative estimate of drug-likeness (QED) is 0.141. The maximum absolute atomic E-state index is 13.5. The van der Waals surface area contributed by atoms with E-state index in [1.54, 1.807) is 4.57 Å². The number of ether oxygens (including phenoxy) is 2. The molecule has 0 aliphatic heterocycles. The Morgan fingerprint density at radius 1 is 0.800 bits per heavy atom. The molecule has 35 heavy (non-hydrogen) atoms. The van der Waals surface area contributed by atoms with Gasteiger partial charge in [-0.25, -0.2) is 4.98 Å². The number of rotatable bonds is 8. The number of fused-ring (bicyclic) bond motifs is 1. The number of hydrogen-bond donors (Lipinski definition) is 0. The van der Waals surface area contributed by atoms with Gasteiger partial charge in [-0.2, -0.15) is 0 Å². The first-order valence-electron chi connectivity index (χ1n) is 11.3. The molecule has 0 bridgehead atoms. The summed E-state index contributed by atoms with van der Waals surface area (Å²) in [4.78, 5) is 18.3. The van der Waals surface area contributed by atoms with Gasteiger partial charge in [-0.3, -0.25) is 9.36 Å². The molecule has 0 aliphatic carbocycles. The standard InChI is InChI=1S/C29H24N2O3S/c1-21-8-7-11-25(20-21)33-18-19-35-29-30-27-13-6-5-12-26(27)28(32)31(29)22-14-16-24(17-15-22)34-23-9-3-2-4-10-23/h2-17,20H,18-19H2,1H3. The van der Waals surface area contributed by atoms with Crippen LogP contribution in [0.3, 0.4) is 0 Å². The van der Waals surface area contributed by atoms with Gasteiger partial charge in [0.2, 0.25) is 0 Å². The first-order valence-corrected chi connectivity index (χ1v) is 12.3. The summed E-state index contributed by atoms with van der Waals surface area (Å²) in [7, 11) is 0. The van der Waals surface area contributed by atoms with Crippen molar-refractivity contribution < 1.29 is 9.47 Å². The zero-order chi connectivity index (χ0) is 24.0. The number of nitrogens with zero attached hydrogens (tertiary/aromatic N) is 2. The molecular weight excluding hydrogens is 456 g/mol. The van der Waals surface area contributed by atoms with E-state index in [9.17, 15) is 4.79 Å². The molecule has 5 aromatic rings. The molecule has 0 amide bonds. The zero-order valence-electron chi connectivity index (χ0n) is 19.3. The largest absolute Gasteiger partial charge is 0.493 e. The van der Waals surface area contributed by atoms with Crippen molar-refractivity contribution in [2.45, 2.75) is 12.1 Å². The van der Waals surface area contributed by atoms with E-state index in [1.807, 2.05) is 110 Å². The highest BCUT2D eigenvalue weighted by atomic mass is 32.2. The van der Waals surface area contributed by atoms with Crippen LogP contribution in [0.25, 0.3) is 16.6 Å². The summed E-state index contributed by atoms with van der Waals surface area (Å²) in [5.74, 6) is 2.94. The van der Waals surface area contributed by atoms with Crippen molar-refractivity contribution in [3.63, 3.8) is 0 Å². The molecule has 1 heterocycles. The summed E-state index contributed by atoms with van der Waals surface area (Å²) in [5, 5.41) is 1.20. The van der Waals surface area contributed by atoms with Gasteiger partial charge in [0, 0.05) is 5.75 Å². The molecule has 0 radical (unpaired) electrons. The molecule has 6 heteroatoms. The van der Waals surface area contributed by atoms with Gasteiger partial charge >= 0.3 is 0 Å². The number of aromatic nitrogens is 2. The monoisotopic (exact) mass is 480 g/mol. The van der Waals surface area contributed by atoms with Crippen LogP contribution in [0.4, 0.5) is 0 Å². The van der Waals surface area contributed by atoms with Gasteiger partial charge < -0.3 is 9.47 Å². The van der Waals surface area contributed by atoms with Gasteiger partial charge in [-0.15, -0.1) is 0 Å². The van der Waals surface area contributed by atoms with Gasteiger partial charge in [0.25, 0.3) is 5.56 Å². The fraction of sp³-hybridized carbons (Fsp3) is 0.103. The van der Waals surface area contributed by atoms with Crippen LogP contribution in [-0.2, 0) is 0 Å². The molecule has 4 aromatic carbocycles. The Morgan fingerprint density at radius 3 is 2.31 bits per heavy atom. The lowest BCUT2D eigenvalue weighted by atomic mass is 10.2. The van der Waals surface area contributed by atoms with Gasteiger partial charge in [0.05, 0.1) is 23.2 Å². The second-order valence-electron chi connectivity index (χ2n) is 7.97. The minimum Gasteiger partial charge on any atom is -0.493 e. The predicted octanol–water partition coefficient (Wildman–Crippen LogP) is 6.66. The summed E-state index contributed by atoms with van der Waals surface area (Å²) < 4.78 is 13.5.